The van der Waals surface area contributed by atoms with Crippen molar-refractivity contribution in [3.05, 3.63) is 45.3 Å². The van der Waals surface area contributed by atoms with Crippen LogP contribution in [0.3, 0.4) is 0 Å². The molecule has 1 aromatic heterocycles. The van der Waals surface area contributed by atoms with E-state index in [1.165, 1.54) is 18.3 Å². The van der Waals surface area contributed by atoms with Gasteiger partial charge in [-0.15, -0.1) is 13.2 Å². The Morgan fingerprint density at radius 3 is 2.27 bits per heavy atom. The number of anilines is 1. The fourth-order valence-corrected chi connectivity index (χ4v) is 5.52. The van der Waals surface area contributed by atoms with Crippen molar-refractivity contribution >= 4 is 27.4 Å². The minimum atomic E-state index is -4.69. The van der Waals surface area contributed by atoms with Gasteiger partial charge in [0.25, 0.3) is 4.73 Å². The lowest BCUT2D eigenvalue weighted by molar-refractivity contribution is -0.389. The van der Waals surface area contributed by atoms with E-state index in [2.05, 4.69) is 40.4 Å². The van der Waals surface area contributed by atoms with Crippen molar-refractivity contribution in [1.82, 2.24) is 19.4 Å². The number of β-amino-alcohol motifs (C(OH)–C–C–N with tert-alkyl or cyclic N) is 1. The van der Waals surface area contributed by atoms with E-state index in [4.69, 9.17) is 0 Å². The molecule has 1 atom stereocenters. The number of nitro groups is 1. The van der Waals surface area contributed by atoms with Gasteiger partial charge in [0.15, 0.2) is 0 Å². The number of imidazole rings is 1. The first-order chi connectivity index (χ1) is 17.4. The highest BCUT2D eigenvalue weighted by Crippen LogP contribution is 2.28. The van der Waals surface area contributed by atoms with Crippen LogP contribution in [0.5, 0.6) is 5.75 Å². The maximum absolute atomic E-state index is 12.4. The van der Waals surface area contributed by atoms with Crippen molar-refractivity contribution in [3.8, 4) is 5.75 Å². The molecule has 0 radical (unpaired) electrons. The van der Waals surface area contributed by atoms with Crippen LogP contribution in [-0.2, 0) is 6.54 Å². The molecule has 2 aliphatic rings. The Labute approximate surface area is 220 Å². The lowest BCUT2D eigenvalue weighted by Gasteiger charge is -2.44. The minimum absolute atomic E-state index is 0.177. The summed E-state index contributed by atoms with van der Waals surface area (Å²) in [6, 6.07) is 6.44. The predicted molar refractivity (Wildman–Crippen MR) is 134 cm³/mol. The normalized spacial score (nSPS) is 20.1. The van der Waals surface area contributed by atoms with E-state index in [-0.39, 0.29) is 18.1 Å². The number of ether oxygens (including phenoxy) is 1. The highest BCUT2D eigenvalue weighted by molar-refractivity contribution is 9.10. The van der Waals surface area contributed by atoms with Gasteiger partial charge in [0.2, 0.25) is 0 Å². The number of hydrogen-bond donors (Lipinski definition) is 1. The smallest absolute Gasteiger partial charge is 0.406 e. The second-order valence-corrected chi connectivity index (χ2v) is 10.5. The van der Waals surface area contributed by atoms with Gasteiger partial charge in [-0.2, -0.15) is 0 Å². The molecule has 0 aliphatic carbocycles. The molecule has 3 heterocycles. The summed E-state index contributed by atoms with van der Waals surface area (Å²) in [5.41, 5.74) is -0.208. The molecule has 2 fully saturated rings. The molecule has 14 heteroatoms. The van der Waals surface area contributed by atoms with Crippen molar-refractivity contribution in [3.63, 3.8) is 0 Å². The molecule has 0 saturated carbocycles. The summed E-state index contributed by atoms with van der Waals surface area (Å²) >= 11 is 3.21. The zero-order valence-electron chi connectivity index (χ0n) is 20.4. The van der Waals surface area contributed by atoms with Crippen LogP contribution in [0.2, 0.25) is 0 Å². The average molecular weight is 591 g/mol. The number of aromatic nitrogens is 2. The van der Waals surface area contributed by atoms with Gasteiger partial charge in [0, 0.05) is 73.5 Å². The Kier molecular flexibility index (Phi) is 8.31. The molecular formula is C23H30BrF3N6O4. The highest BCUT2D eigenvalue weighted by atomic mass is 79.9. The number of rotatable bonds is 8. The van der Waals surface area contributed by atoms with Crippen LogP contribution >= 0.6 is 15.9 Å². The van der Waals surface area contributed by atoms with Crippen molar-refractivity contribution in [1.29, 1.82) is 0 Å². The van der Waals surface area contributed by atoms with Crippen LogP contribution in [0.15, 0.2) is 35.2 Å². The Balaban J connectivity index is 1.22. The quantitative estimate of drug-likeness (QED) is 0.368. The van der Waals surface area contributed by atoms with E-state index in [1.807, 2.05) is 0 Å². The summed E-state index contributed by atoms with van der Waals surface area (Å²) < 4.78 is 42.9. The minimum Gasteiger partial charge on any atom is -0.406 e. The van der Waals surface area contributed by atoms with Gasteiger partial charge in [-0.3, -0.25) is 14.4 Å². The third kappa shape index (κ3) is 7.55. The number of nitrogens with zero attached hydrogens (tertiary/aromatic N) is 6. The fourth-order valence-electron chi connectivity index (χ4n) is 5.11. The third-order valence-corrected chi connectivity index (χ3v) is 7.43. The van der Waals surface area contributed by atoms with Gasteiger partial charge in [-0.1, -0.05) is 0 Å². The molecule has 1 N–H and O–H groups in total. The van der Waals surface area contributed by atoms with Gasteiger partial charge in [0.1, 0.15) is 11.9 Å². The van der Waals surface area contributed by atoms with Gasteiger partial charge in [-0.25, -0.2) is 0 Å². The molecule has 0 spiro atoms. The van der Waals surface area contributed by atoms with Crippen LogP contribution in [0.1, 0.15) is 19.8 Å². The van der Waals surface area contributed by atoms with Gasteiger partial charge < -0.3 is 24.9 Å². The first-order valence-corrected chi connectivity index (χ1v) is 12.8. The Morgan fingerprint density at radius 1 is 1.11 bits per heavy atom. The zero-order valence-corrected chi connectivity index (χ0v) is 22.0. The van der Waals surface area contributed by atoms with Crippen LogP contribution in [0, 0.1) is 10.1 Å². The van der Waals surface area contributed by atoms with Gasteiger partial charge >= 0.3 is 12.2 Å². The fraction of sp³-hybridized carbons (Fsp3) is 0.609. The van der Waals surface area contributed by atoms with Gasteiger partial charge in [0.05, 0.1) is 12.1 Å². The number of halogens is 4. The lowest BCUT2D eigenvalue weighted by Crippen LogP contribution is -2.56. The Bertz CT molecular complexity index is 1070. The molecule has 1 aromatic carbocycles. The SMILES string of the molecule is CC(O)(CN1CCN(C2CCN(c3ccc(OC(F)(F)F)cc3)CC2)CC1)Cn1cc([N+](=O)[O-])nc1Br. The zero-order chi connectivity index (χ0) is 26.8. The summed E-state index contributed by atoms with van der Waals surface area (Å²) in [5.74, 6) is -0.489. The summed E-state index contributed by atoms with van der Waals surface area (Å²) in [6.45, 7) is 7.35. The van der Waals surface area contributed by atoms with E-state index in [0.717, 1.165) is 57.8 Å². The van der Waals surface area contributed by atoms with Crippen molar-refractivity contribution in [2.45, 2.75) is 44.3 Å². The number of alkyl halides is 3. The molecule has 2 aromatic rings. The molecule has 0 bridgehead atoms. The van der Waals surface area contributed by atoms with E-state index in [1.54, 1.807) is 23.6 Å². The number of piperidine rings is 1. The van der Waals surface area contributed by atoms with Crippen molar-refractivity contribution in [2.75, 3.05) is 50.7 Å². The summed E-state index contributed by atoms with van der Waals surface area (Å²) in [7, 11) is 0. The van der Waals surface area contributed by atoms with Crippen LogP contribution < -0.4 is 9.64 Å². The van der Waals surface area contributed by atoms with Crippen LogP contribution in [0.4, 0.5) is 24.7 Å². The summed E-state index contributed by atoms with van der Waals surface area (Å²) in [6.07, 6.45) is -1.45. The number of piperazine rings is 1. The first-order valence-electron chi connectivity index (χ1n) is 12.1. The standard InChI is InChI=1S/C23H30BrF3N6O4/c1-22(34,16-32-14-20(33(35)36)28-21(32)24)15-29-10-12-31(13-11-29)18-6-8-30(9-7-18)17-2-4-19(5-3-17)37-23(25,26)27/h2-5,14,18,34H,6-13,15-16H2,1H3. The van der Waals surface area contributed by atoms with Crippen molar-refractivity contribution in [2.24, 2.45) is 0 Å². The summed E-state index contributed by atoms with van der Waals surface area (Å²) in [5, 5.41) is 21.9. The predicted octanol–water partition coefficient (Wildman–Crippen LogP) is 3.49. The Hall–Kier alpha value is -2.42. The molecule has 1 unspecified atom stereocenters. The average Bonchev–Trinajstić information content (AvgIpc) is 3.19. The second-order valence-electron chi connectivity index (χ2n) is 9.82. The number of hydrogen-bond acceptors (Lipinski definition) is 8. The largest absolute Gasteiger partial charge is 0.573 e. The topological polar surface area (TPSA) is 100 Å². The molecule has 37 heavy (non-hydrogen) atoms. The van der Waals surface area contributed by atoms with Gasteiger partial charge in [-0.05, 0) is 53.9 Å². The van der Waals surface area contributed by atoms with Crippen LogP contribution in [0.25, 0.3) is 0 Å². The van der Waals surface area contributed by atoms with E-state index in [9.17, 15) is 28.4 Å². The molecule has 2 aliphatic heterocycles. The highest BCUT2D eigenvalue weighted by Gasteiger charge is 2.33. The molecule has 4 rings (SSSR count). The monoisotopic (exact) mass is 590 g/mol. The number of benzene rings is 1. The van der Waals surface area contributed by atoms with E-state index in [0.29, 0.717) is 17.3 Å². The second kappa shape index (κ2) is 11.1. The Morgan fingerprint density at radius 2 is 1.73 bits per heavy atom. The molecule has 0 amide bonds. The van der Waals surface area contributed by atoms with E-state index >= 15 is 0 Å². The van der Waals surface area contributed by atoms with Crippen LogP contribution in [-0.4, -0.2) is 93.2 Å². The molecule has 204 valence electrons. The summed E-state index contributed by atoms with van der Waals surface area (Å²) in [4.78, 5) is 21.1. The molecule has 10 nitrogen and oxygen atoms in total. The first kappa shape index (κ1) is 27.6. The maximum atomic E-state index is 12.4. The van der Waals surface area contributed by atoms with Crippen molar-refractivity contribution < 1.29 is 27.9 Å². The lowest BCUT2D eigenvalue weighted by atomic mass is 10.0. The molecular weight excluding hydrogens is 561 g/mol. The number of aliphatic hydroxyl groups is 1. The maximum Gasteiger partial charge on any atom is 0.573 e. The van der Waals surface area contributed by atoms with E-state index < -0.39 is 16.9 Å². The molecule has 2 saturated heterocycles. The third-order valence-electron chi connectivity index (χ3n) is 6.80.